The number of rotatable bonds is 4. The molecule has 2 heterocycles. The number of aromatic amines is 1. The monoisotopic (exact) mass is 315 g/mol. The molecule has 0 amide bonds. The maximum atomic E-state index is 12.2. The number of nitrogens with one attached hydrogen (secondary N) is 2. The van der Waals surface area contributed by atoms with Crippen LogP contribution in [0.2, 0.25) is 0 Å². The molecular weight excluding hydrogens is 290 g/mol. The van der Waals surface area contributed by atoms with Crippen molar-refractivity contribution in [3.8, 4) is 0 Å². The molecule has 0 unspecified atom stereocenters. The van der Waals surface area contributed by atoms with Crippen molar-refractivity contribution in [1.29, 1.82) is 0 Å². The van der Waals surface area contributed by atoms with Gasteiger partial charge in [0.2, 0.25) is 5.95 Å². The molecule has 124 valence electrons. The number of nitrogens with zero attached hydrogens (tertiary/aromatic N) is 3. The minimum absolute atomic E-state index is 0.148. The lowest BCUT2D eigenvalue weighted by Gasteiger charge is -2.19. The van der Waals surface area contributed by atoms with Crippen LogP contribution in [0.4, 0.5) is 5.95 Å². The van der Waals surface area contributed by atoms with Crippen LogP contribution >= 0.6 is 0 Å². The average Bonchev–Trinajstić information content (AvgIpc) is 2.93. The van der Waals surface area contributed by atoms with Crippen LogP contribution in [-0.2, 0) is 5.54 Å². The molecule has 0 aliphatic heterocycles. The van der Waals surface area contributed by atoms with Crippen molar-refractivity contribution in [3.05, 3.63) is 28.2 Å². The average molecular weight is 315 g/mol. The summed E-state index contributed by atoms with van der Waals surface area (Å²) in [4.78, 5) is 19.6. The van der Waals surface area contributed by atoms with E-state index in [0.29, 0.717) is 17.0 Å². The van der Waals surface area contributed by atoms with Gasteiger partial charge in [0.25, 0.3) is 5.56 Å². The van der Waals surface area contributed by atoms with Crippen LogP contribution in [0.3, 0.4) is 0 Å². The molecule has 0 aromatic carbocycles. The molecule has 2 N–H and O–H groups in total. The van der Waals surface area contributed by atoms with E-state index in [1.54, 1.807) is 10.9 Å². The molecule has 0 spiro atoms. The number of hydrogen-bond acceptors (Lipinski definition) is 4. The van der Waals surface area contributed by atoms with Crippen molar-refractivity contribution in [2.75, 3.05) is 11.9 Å². The summed E-state index contributed by atoms with van der Waals surface area (Å²) in [6, 6.07) is 0. The zero-order valence-corrected chi connectivity index (χ0v) is 14.1. The van der Waals surface area contributed by atoms with E-state index >= 15 is 0 Å². The van der Waals surface area contributed by atoms with E-state index in [2.05, 4.69) is 26.5 Å². The Kier molecular flexibility index (Phi) is 4.24. The predicted molar refractivity (Wildman–Crippen MR) is 92.8 cm³/mol. The first kappa shape index (κ1) is 15.8. The summed E-state index contributed by atoms with van der Waals surface area (Å²) in [5, 5.41) is 8.09. The summed E-state index contributed by atoms with van der Waals surface area (Å²) in [5.74, 6) is 0.518. The first-order valence-corrected chi connectivity index (χ1v) is 8.35. The quantitative estimate of drug-likeness (QED) is 0.850. The molecule has 0 saturated carbocycles. The lowest BCUT2D eigenvalue weighted by Crippen LogP contribution is -2.24. The fourth-order valence-corrected chi connectivity index (χ4v) is 2.97. The van der Waals surface area contributed by atoms with Gasteiger partial charge in [0, 0.05) is 6.54 Å². The van der Waals surface area contributed by atoms with Crippen molar-refractivity contribution < 1.29 is 0 Å². The van der Waals surface area contributed by atoms with Gasteiger partial charge in [0.05, 0.1) is 11.7 Å². The molecule has 0 fully saturated rings. The highest BCUT2D eigenvalue weighted by atomic mass is 16.1. The molecule has 0 radical (unpaired) electrons. The molecule has 0 bridgehead atoms. The Morgan fingerprint density at radius 2 is 2.17 bits per heavy atom. The lowest BCUT2D eigenvalue weighted by molar-refractivity contribution is 0.366. The molecule has 1 aliphatic carbocycles. The second kappa shape index (κ2) is 6.18. The van der Waals surface area contributed by atoms with Gasteiger partial charge in [-0.1, -0.05) is 11.6 Å². The second-order valence-electron chi connectivity index (χ2n) is 7.16. The maximum Gasteiger partial charge on any atom is 0.263 e. The first-order valence-electron chi connectivity index (χ1n) is 8.35. The van der Waals surface area contributed by atoms with Crippen LogP contribution in [0.25, 0.3) is 11.0 Å². The molecule has 0 saturated heterocycles. The van der Waals surface area contributed by atoms with Crippen molar-refractivity contribution in [1.82, 2.24) is 19.7 Å². The van der Waals surface area contributed by atoms with Crippen molar-refractivity contribution in [3.63, 3.8) is 0 Å². The normalized spacial score (nSPS) is 15.7. The van der Waals surface area contributed by atoms with E-state index < -0.39 is 0 Å². The van der Waals surface area contributed by atoms with E-state index in [0.717, 1.165) is 13.0 Å². The fourth-order valence-electron chi connectivity index (χ4n) is 2.97. The number of hydrogen-bond donors (Lipinski definition) is 2. The Labute approximate surface area is 136 Å². The Morgan fingerprint density at radius 3 is 2.87 bits per heavy atom. The van der Waals surface area contributed by atoms with Gasteiger partial charge in [-0.2, -0.15) is 10.1 Å². The van der Waals surface area contributed by atoms with Crippen LogP contribution in [0.5, 0.6) is 0 Å². The Morgan fingerprint density at radius 1 is 1.35 bits per heavy atom. The highest BCUT2D eigenvalue weighted by Crippen LogP contribution is 2.21. The van der Waals surface area contributed by atoms with Gasteiger partial charge in [-0.05, 0) is 52.9 Å². The SMILES string of the molecule is CC(C)(C)n1ncc2c(=O)[nH]c(NCCC3=CCCCC3)nc21. The molecule has 3 rings (SSSR count). The van der Waals surface area contributed by atoms with E-state index in [1.165, 1.54) is 31.3 Å². The number of fused-ring (bicyclic) bond motifs is 1. The van der Waals surface area contributed by atoms with Gasteiger partial charge in [-0.3, -0.25) is 9.78 Å². The highest BCUT2D eigenvalue weighted by Gasteiger charge is 2.19. The highest BCUT2D eigenvalue weighted by molar-refractivity contribution is 5.74. The van der Waals surface area contributed by atoms with E-state index in [4.69, 9.17) is 0 Å². The summed E-state index contributed by atoms with van der Waals surface area (Å²) in [7, 11) is 0. The lowest BCUT2D eigenvalue weighted by atomic mass is 9.97. The van der Waals surface area contributed by atoms with Crippen LogP contribution < -0.4 is 10.9 Å². The largest absolute Gasteiger partial charge is 0.355 e. The summed E-state index contributed by atoms with van der Waals surface area (Å²) < 4.78 is 1.80. The van der Waals surface area contributed by atoms with Crippen LogP contribution in [0, 0.1) is 0 Å². The van der Waals surface area contributed by atoms with Crippen LogP contribution in [0.1, 0.15) is 52.9 Å². The van der Waals surface area contributed by atoms with Gasteiger partial charge in [-0.25, -0.2) is 4.68 Å². The molecular formula is C17H25N5O. The van der Waals surface area contributed by atoms with Gasteiger partial charge < -0.3 is 5.32 Å². The Balaban J connectivity index is 1.78. The van der Waals surface area contributed by atoms with Gasteiger partial charge in [0.15, 0.2) is 5.65 Å². The topological polar surface area (TPSA) is 75.6 Å². The smallest absolute Gasteiger partial charge is 0.263 e. The van der Waals surface area contributed by atoms with Crippen molar-refractivity contribution >= 4 is 17.0 Å². The van der Waals surface area contributed by atoms with Crippen LogP contribution in [-0.4, -0.2) is 26.3 Å². The summed E-state index contributed by atoms with van der Waals surface area (Å²) in [5.41, 5.74) is 1.77. The zero-order valence-electron chi connectivity index (χ0n) is 14.1. The molecule has 6 nitrogen and oxygen atoms in total. The predicted octanol–water partition coefficient (Wildman–Crippen LogP) is 3.18. The minimum Gasteiger partial charge on any atom is -0.355 e. The number of aromatic nitrogens is 4. The van der Waals surface area contributed by atoms with E-state index in [-0.39, 0.29) is 11.1 Å². The molecule has 1 aliphatic rings. The van der Waals surface area contributed by atoms with E-state index in [1.807, 2.05) is 20.8 Å². The third-order valence-corrected chi connectivity index (χ3v) is 4.20. The van der Waals surface area contributed by atoms with Gasteiger partial charge in [0.1, 0.15) is 5.39 Å². The molecule has 23 heavy (non-hydrogen) atoms. The molecule has 2 aromatic rings. The number of anilines is 1. The standard InChI is InChI=1S/C17H25N5O/c1-17(2,3)22-14-13(11-19-22)15(23)21-16(20-14)18-10-9-12-7-5-4-6-8-12/h7,11H,4-6,8-10H2,1-3H3,(H2,18,20,21,23). The van der Waals surface area contributed by atoms with Gasteiger partial charge >= 0.3 is 0 Å². The molecule has 6 heteroatoms. The van der Waals surface area contributed by atoms with Crippen molar-refractivity contribution in [2.24, 2.45) is 0 Å². The van der Waals surface area contributed by atoms with Gasteiger partial charge in [-0.15, -0.1) is 0 Å². The summed E-state index contributed by atoms with van der Waals surface area (Å²) in [6.07, 6.45) is 9.92. The van der Waals surface area contributed by atoms with E-state index in [9.17, 15) is 4.79 Å². The third kappa shape index (κ3) is 3.46. The number of H-pyrrole nitrogens is 1. The second-order valence-corrected chi connectivity index (χ2v) is 7.16. The number of allylic oxidation sites excluding steroid dienone is 1. The fraction of sp³-hybridized carbons (Fsp3) is 0.588. The molecule has 0 atom stereocenters. The molecule has 2 aromatic heterocycles. The Hall–Kier alpha value is -2.11. The van der Waals surface area contributed by atoms with Crippen LogP contribution in [0.15, 0.2) is 22.6 Å². The minimum atomic E-state index is -0.216. The summed E-state index contributed by atoms with van der Waals surface area (Å²) in [6.45, 7) is 6.92. The van der Waals surface area contributed by atoms with Crippen molar-refractivity contribution in [2.45, 2.75) is 58.4 Å². The third-order valence-electron chi connectivity index (χ3n) is 4.20. The summed E-state index contributed by atoms with van der Waals surface area (Å²) >= 11 is 0. The first-order chi connectivity index (χ1) is 10.9. The maximum absolute atomic E-state index is 12.2. The Bertz CT molecular complexity index is 778. The zero-order chi connectivity index (χ0) is 16.4.